The van der Waals surface area contributed by atoms with Gasteiger partial charge in [-0.3, -0.25) is 0 Å². The van der Waals surface area contributed by atoms with Crippen LogP contribution in [0.2, 0.25) is 0 Å². The third kappa shape index (κ3) is 6.59. The monoisotopic (exact) mass is 799 g/mol. The number of nitrogens with zero attached hydrogens (tertiary/aromatic N) is 1. The number of benzene rings is 12. The lowest BCUT2D eigenvalue weighted by Gasteiger charge is -2.29. The Morgan fingerprint density at radius 3 is 1.21 bits per heavy atom. The highest BCUT2D eigenvalue weighted by Gasteiger charge is 2.20. The van der Waals surface area contributed by atoms with Crippen LogP contribution in [0.25, 0.3) is 98.4 Å². The Morgan fingerprint density at radius 1 is 0.206 bits per heavy atom. The van der Waals surface area contributed by atoms with Crippen molar-refractivity contribution in [1.82, 2.24) is 0 Å². The number of hydrogen-bond acceptors (Lipinski definition) is 1. The van der Waals surface area contributed by atoms with Crippen molar-refractivity contribution >= 4 is 70.9 Å². The molecule has 0 atom stereocenters. The lowest BCUT2D eigenvalue weighted by molar-refractivity contribution is 1.28. The van der Waals surface area contributed by atoms with Gasteiger partial charge in [-0.1, -0.05) is 206 Å². The molecule has 0 heterocycles. The summed E-state index contributed by atoms with van der Waals surface area (Å²) in [5, 5.41) is 12.6. The average Bonchev–Trinajstić information content (AvgIpc) is 3.36. The highest BCUT2D eigenvalue weighted by molar-refractivity contribution is 6.09. The van der Waals surface area contributed by atoms with Gasteiger partial charge in [0.05, 0.1) is 5.69 Å². The van der Waals surface area contributed by atoms with Gasteiger partial charge < -0.3 is 4.90 Å². The minimum absolute atomic E-state index is 1.09. The summed E-state index contributed by atoms with van der Waals surface area (Å²) in [5.74, 6) is 0. The zero-order valence-corrected chi connectivity index (χ0v) is 34.6. The normalized spacial score (nSPS) is 11.5. The fraction of sp³-hybridized carbons (Fsp3) is 0. The van der Waals surface area contributed by atoms with Crippen LogP contribution >= 0.6 is 0 Å². The third-order valence-electron chi connectivity index (χ3n) is 12.8. The fourth-order valence-corrected chi connectivity index (χ4v) is 9.64. The first-order valence-electron chi connectivity index (χ1n) is 21.7. The maximum Gasteiger partial charge on any atom is 0.0546 e. The molecule has 0 aliphatic rings. The Balaban J connectivity index is 1.00. The quantitative estimate of drug-likeness (QED) is 0.145. The molecule has 63 heavy (non-hydrogen) atoms. The first kappa shape index (κ1) is 36.6. The van der Waals surface area contributed by atoms with Crippen LogP contribution in [0.3, 0.4) is 0 Å². The van der Waals surface area contributed by atoms with Crippen molar-refractivity contribution in [2.75, 3.05) is 4.90 Å². The largest absolute Gasteiger partial charge is 0.310 e. The van der Waals surface area contributed by atoms with Crippen LogP contribution in [0.1, 0.15) is 0 Å². The van der Waals surface area contributed by atoms with Crippen molar-refractivity contribution in [2.45, 2.75) is 0 Å². The van der Waals surface area contributed by atoms with Crippen LogP contribution < -0.4 is 4.90 Å². The van der Waals surface area contributed by atoms with Gasteiger partial charge in [0.1, 0.15) is 0 Å². The average molecular weight is 800 g/mol. The molecular weight excluding hydrogens is 759 g/mol. The summed E-state index contributed by atoms with van der Waals surface area (Å²) in [6, 6.07) is 91.2. The molecule has 0 N–H and O–H groups in total. The van der Waals surface area contributed by atoms with E-state index >= 15 is 0 Å². The molecule has 0 unspecified atom stereocenters. The van der Waals surface area contributed by atoms with Gasteiger partial charge in [-0.2, -0.15) is 0 Å². The summed E-state index contributed by atoms with van der Waals surface area (Å²) in [5.41, 5.74) is 12.8. The van der Waals surface area contributed by atoms with E-state index in [1.807, 2.05) is 0 Å². The van der Waals surface area contributed by atoms with Crippen molar-refractivity contribution in [3.05, 3.63) is 249 Å². The molecule has 0 aromatic heterocycles. The third-order valence-corrected chi connectivity index (χ3v) is 12.8. The maximum absolute atomic E-state index is 2.43. The molecule has 12 aromatic rings. The molecule has 0 bridgehead atoms. The van der Waals surface area contributed by atoms with Crippen LogP contribution in [0.15, 0.2) is 249 Å². The number of fused-ring (bicyclic) bond motifs is 7. The Hall–Kier alpha value is -8.26. The van der Waals surface area contributed by atoms with E-state index in [4.69, 9.17) is 0 Å². The topological polar surface area (TPSA) is 3.24 Å². The minimum Gasteiger partial charge on any atom is -0.310 e. The van der Waals surface area contributed by atoms with Gasteiger partial charge in [-0.05, 0) is 135 Å². The highest BCUT2D eigenvalue weighted by Crippen LogP contribution is 2.45. The summed E-state index contributed by atoms with van der Waals surface area (Å²) in [6.07, 6.45) is 0. The molecule has 0 amide bonds. The summed E-state index contributed by atoms with van der Waals surface area (Å²) in [6.45, 7) is 0. The first-order chi connectivity index (χ1) is 31.2. The Bertz CT molecular complexity index is 3490. The molecule has 0 saturated carbocycles. The zero-order chi connectivity index (χ0) is 41.7. The molecule has 1 heteroatoms. The first-order valence-corrected chi connectivity index (χ1v) is 21.7. The van der Waals surface area contributed by atoms with Crippen molar-refractivity contribution in [1.29, 1.82) is 0 Å². The van der Waals surface area contributed by atoms with E-state index in [0.29, 0.717) is 0 Å². The van der Waals surface area contributed by atoms with Gasteiger partial charge in [-0.15, -0.1) is 0 Å². The van der Waals surface area contributed by atoms with Gasteiger partial charge in [-0.25, -0.2) is 0 Å². The SMILES string of the molecule is c1ccc(-c2ccc(-c3cccc4ccccc34)cc2N(c2ccc(-c3ccc4c(ccc5ccccc54)c3)cc2)c2ccc(-c3ccc4c(ccc5ccccc54)c3)cc2)cc1. The van der Waals surface area contributed by atoms with Gasteiger partial charge in [0.25, 0.3) is 0 Å². The van der Waals surface area contributed by atoms with E-state index in [9.17, 15) is 0 Å². The minimum atomic E-state index is 1.09. The van der Waals surface area contributed by atoms with Gasteiger partial charge >= 0.3 is 0 Å². The Morgan fingerprint density at radius 2 is 0.635 bits per heavy atom. The lowest BCUT2D eigenvalue weighted by Crippen LogP contribution is -2.11. The number of rotatable bonds is 7. The van der Waals surface area contributed by atoms with Crippen molar-refractivity contribution in [2.24, 2.45) is 0 Å². The molecule has 0 spiro atoms. The van der Waals surface area contributed by atoms with E-state index in [1.54, 1.807) is 0 Å². The summed E-state index contributed by atoms with van der Waals surface area (Å²) in [7, 11) is 0. The number of anilines is 3. The van der Waals surface area contributed by atoms with Crippen molar-refractivity contribution in [3.8, 4) is 44.5 Å². The Kier molecular flexibility index (Phi) is 8.90. The second-order valence-electron chi connectivity index (χ2n) is 16.5. The van der Waals surface area contributed by atoms with Gasteiger partial charge in [0, 0.05) is 16.9 Å². The van der Waals surface area contributed by atoms with Gasteiger partial charge in [0.2, 0.25) is 0 Å². The smallest absolute Gasteiger partial charge is 0.0546 e. The number of hydrogen-bond donors (Lipinski definition) is 0. The van der Waals surface area contributed by atoms with E-state index in [0.717, 1.165) is 22.6 Å². The molecule has 1 nitrogen and oxygen atoms in total. The molecule has 0 radical (unpaired) electrons. The molecule has 0 saturated heterocycles. The van der Waals surface area contributed by atoms with E-state index < -0.39 is 0 Å². The van der Waals surface area contributed by atoms with E-state index in [1.165, 1.54) is 92.8 Å². The highest BCUT2D eigenvalue weighted by atomic mass is 15.1. The second-order valence-corrected chi connectivity index (χ2v) is 16.5. The lowest BCUT2D eigenvalue weighted by atomic mass is 9.93. The van der Waals surface area contributed by atoms with Gasteiger partial charge in [0.15, 0.2) is 0 Å². The van der Waals surface area contributed by atoms with Crippen LogP contribution in [-0.2, 0) is 0 Å². The van der Waals surface area contributed by atoms with E-state index in [2.05, 4.69) is 254 Å². The molecule has 12 aromatic carbocycles. The van der Waals surface area contributed by atoms with Crippen LogP contribution in [0, 0.1) is 0 Å². The molecule has 0 fully saturated rings. The van der Waals surface area contributed by atoms with Crippen LogP contribution in [0.5, 0.6) is 0 Å². The predicted molar refractivity (Wildman–Crippen MR) is 270 cm³/mol. The molecule has 0 aliphatic carbocycles. The second kappa shape index (κ2) is 15.3. The molecular formula is C62H41N. The summed E-state index contributed by atoms with van der Waals surface area (Å²) < 4.78 is 0. The van der Waals surface area contributed by atoms with Crippen LogP contribution in [0.4, 0.5) is 17.1 Å². The van der Waals surface area contributed by atoms with Crippen LogP contribution in [-0.4, -0.2) is 0 Å². The summed E-state index contributed by atoms with van der Waals surface area (Å²) in [4.78, 5) is 2.43. The Labute approximate surface area is 367 Å². The summed E-state index contributed by atoms with van der Waals surface area (Å²) >= 11 is 0. The van der Waals surface area contributed by atoms with E-state index in [-0.39, 0.29) is 0 Å². The molecule has 0 aliphatic heterocycles. The molecule has 12 rings (SSSR count). The standard InChI is InChI=1S/C62H41N/c1-2-11-45(12-3-1)61-38-31-52(58-20-10-16-44-13-4-7-17-55(44)58)41-62(61)63(53-32-25-42(26-33-53)48-29-36-59-50(39-48)23-21-46-14-5-8-18-56(46)59)54-34-27-43(28-35-54)49-30-37-60-51(40-49)24-22-47-15-6-9-19-57(47)60/h1-41H. The maximum atomic E-state index is 2.43. The predicted octanol–water partition coefficient (Wildman–Crippen LogP) is 17.6. The fourth-order valence-electron chi connectivity index (χ4n) is 9.64. The van der Waals surface area contributed by atoms with Crippen molar-refractivity contribution < 1.29 is 0 Å². The molecule has 294 valence electrons. The zero-order valence-electron chi connectivity index (χ0n) is 34.6. The van der Waals surface area contributed by atoms with Crippen molar-refractivity contribution in [3.63, 3.8) is 0 Å².